The van der Waals surface area contributed by atoms with Gasteiger partial charge in [-0.15, -0.1) is 0 Å². The average molecular weight is 299 g/mol. The Bertz CT molecular complexity index is 494. The van der Waals surface area contributed by atoms with Crippen LogP contribution in [0.5, 0.6) is 0 Å². The van der Waals surface area contributed by atoms with E-state index >= 15 is 0 Å². The predicted molar refractivity (Wildman–Crippen MR) is 82.4 cm³/mol. The van der Waals surface area contributed by atoms with Crippen molar-refractivity contribution in [1.29, 1.82) is 0 Å². The number of nitrogens with one attached hydrogen (secondary N) is 1. The summed E-state index contributed by atoms with van der Waals surface area (Å²) in [5.74, 6) is 0.767. The van der Waals surface area contributed by atoms with Crippen LogP contribution in [-0.4, -0.2) is 40.9 Å². The zero-order valence-electron chi connectivity index (χ0n) is 12.2. The first kappa shape index (κ1) is 15.3. The summed E-state index contributed by atoms with van der Waals surface area (Å²) in [6.45, 7) is 6.61. The van der Waals surface area contributed by atoms with Crippen LogP contribution in [0.4, 0.5) is 5.69 Å². The number of aromatic nitrogens is 2. The number of hydrogen-bond donors (Lipinski definition) is 1. The van der Waals surface area contributed by atoms with Gasteiger partial charge in [0.2, 0.25) is 0 Å². The number of nitrogens with zero attached hydrogens (tertiary/aromatic N) is 3. The molecule has 1 fully saturated rings. The van der Waals surface area contributed by atoms with E-state index in [1.54, 1.807) is 13.2 Å². The molecule has 0 atom stereocenters. The van der Waals surface area contributed by atoms with Gasteiger partial charge >= 0.3 is 0 Å². The van der Waals surface area contributed by atoms with Gasteiger partial charge in [0.1, 0.15) is 5.02 Å². The molecule has 1 aliphatic heterocycles. The number of anilines is 1. The van der Waals surface area contributed by atoms with Gasteiger partial charge in [0.25, 0.3) is 5.56 Å². The summed E-state index contributed by atoms with van der Waals surface area (Å²) >= 11 is 6.02. The lowest BCUT2D eigenvalue weighted by Crippen LogP contribution is -2.34. The molecule has 1 aliphatic rings. The molecule has 5 nitrogen and oxygen atoms in total. The normalized spacial score (nSPS) is 17.4. The lowest BCUT2D eigenvalue weighted by Gasteiger charge is -2.31. The molecule has 2 heterocycles. The fourth-order valence-corrected chi connectivity index (χ4v) is 2.87. The fraction of sp³-hybridized carbons (Fsp3) is 0.714. The molecule has 0 aromatic carbocycles. The lowest BCUT2D eigenvalue weighted by molar-refractivity contribution is 0.189. The Morgan fingerprint density at radius 2 is 2.15 bits per heavy atom. The second-order valence-corrected chi connectivity index (χ2v) is 5.77. The van der Waals surface area contributed by atoms with E-state index in [9.17, 15) is 4.79 Å². The highest BCUT2D eigenvalue weighted by atomic mass is 35.5. The first-order valence-corrected chi connectivity index (χ1v) is 7.67. The zero-order chi connectivity index (χ0) is 14.5. The SMILES string of the molecule is CCN1CCC(CCNc2cnn(C)c(=O)c2Cl)CC1. The maximum Gasteiger partial charge on any atom is 0.287 e. The molecule has 1 aromatic rings. The Balaban J connectivity index is 1.79. The summed E-state index contributed by atoms with van der Waals surface area (Å²) in [7, 11) is 1.60. The molecule has 6 heteroatoms. The Hall–Kier alpha value is -1.07. The monoisotopic (exact) mass is 298 g/mol. The second-order valence-electron chi connectivity index (χ2n) is 5.39. The molecule has 1 N–H and O–H groups in total. The Morgan fingerprint density at radius 1 is 1.45 bits per heavy atom. The van der Waals surface area contributed by atoms with Crippen molar-refractivity contribution in [3.05, 3.63) is 21.6 Å². The minimum atomic E-state index is -0.257. The fourth-order valence-electron chi connectivity index (χ4n) is 2.64. The van der Waals surface area contributed by atoms with E-state index in [0.717, 1.165) is 25.4 Å². The highest BCUT2D eigenvalue weighted by molar-refractivity contribution is 6.32. The third kappa shape index (κ3) is 3.73. The smallest absolute Gasteiger partial charge is 0.287 e. The molecular weight excluding hydrogens is 276 g/mol. The highest BCUT2D eigenvalue weighted by Gasteiger charge is 2.17. The van der Waals surface area contributed by atoms with E-state index in [1.165, 1.54) is 30.6 Å². The van der Waals surface area contributed by atoms with Gasteiger partial charge in [-0.05, 0) is 44.8 Å². The van der Waals surface area contributed by atoms with Crippen LogP contribution in [0.15, 0.2) is 11.0 Å². The van der Waals surface area contributed by atoms with Crippen LogP contribution in [0.1, 0.15) is 26.2 Å². The molecule has 1 saturated heterocycles. The number of hydrogen-bond acceptors (Lipinski definition) is 4. The van der Waals surface area contributed by atoms with Crippen molar-refractivity contribution in [2.75, 3.05) is 31.5 Å². The summed E-state index contributed by atoms with van der Waals surface area (Å²) in [6, 6.07) is 0. The van der Waals surface area contributed by atoms with Crippen molar-refractivity contribution < 1.29 is 0 Å². The lowest BCUT2D eigenvalue weighted by atomic mass is 9.93. The number of rotatable bonds is 5. The summed E-state index contributed by atoms with van der Waals surface area (Å²) in [4.78, 5) is 14.1. The number of piperidine rings is 1. The maximum atomic E-state index is 11.6. The molecule has 0 amide bonds. The molecule has 112 valence electrons. The van der Waals surface area contributed by atoms with Gasteiger partial charge in [-0.1, -0.05) is 18.5 Å². The van der Waals surface area contributed by atoms with Gasteiger partial charge in [-0.3, -0.25) is 4.79 Å². The third-order valence-corrected chi connectivity index (χ3v) is 4.47. The van der Waals surface area contributed by atoms with Crippen LogP contribution in [-0.2, 0) is 7.05 Å². The molecule has 20 heavy (non-hydrogen) atoms. The molecule has 0 spiro atoms. The minimum Gasteiger partial charge on any atom is -0.382 e. The number of halogens is 1. The molecule has 0 unspecified atom stereocenters. The summed E-state index contributed by atoms with van der Waals surface area (Å²) in [5, 5.41) is 7.43. The van der Waals surface area contributed by atoms with Crippen LogP contribution in [0, 0.1) is 5.92 Å². The van der Waals surface area contributed by atoms with Crippen LogP contribution in [0.25, 0.3) is 0 Å². The highest BCUT2D eigenvalue weighted by Crippen LogP contribution is 2.21. The Kier molecular flexibility index (Phi) is 5.43. The van der Waals surface area contributed by atoms with Gasteiger partial charge in [-0.25, -0.2) is 4.68 Å². The second kappa shape index (κ2) is 7.09. The molecule has 0 aliphatic carbocycles. The van der Waals surface area contributed by atoms with Crippen LogP contribution in [0.2, 0.25) is 5.02 Å². The molecule has 0 radical (unpaired) electrons. The van der Waals surface area contributed by atoms with Crippen molar-refractivity contribution in [3.8, 4) is 0 Å². The van der Waals surface area contributed by atoms with Gasteiger partial charge in [0.05, 0.1) is 11.9 Å². The van der Waals surface area contributed by atoms with E-state index in [4.69, 9.17) is 11.6 Å². The van der Waals surface area contributed by atoms with Crippen molar-refractivity contribution in [2.45, 2.75) is 26.2 Å². The van der Waals surface area contributed by atoms with E-state index in [0.29, 0.717) is 5.69 Å². The van der Waals surface area contributed by atoms with Gasteiger partial charge in [0.15, 0.2) is 0 Å². The standard InChI is InChI=1S/C14H23ClN4O/c1-3-19-8-5-11(6-9-19)4-7-16-12-10-17-18(2)14(20)13(12)15/h10-11,16H,3-9H2,1-2H3. The van der Waals surface area contributed by atoms with E-state index in [-0.39, 0.29) is 10.6 Å². The van der Waals surface area contributed by atoms with E-state index in [1.807, 2.05) is 0 Å². The Labute approximate surface area is 124 Å². The van der Waals surface area contributed by atoms with Crippen molar-refractivity contribution in [1.82, 2.24) is 14.7 Å². The molecule has 1 aromatic heterocycles. The van der Waals surface area contributed by atoms with Gasteiger partial charge in [0, 0.05) is 13.6 Å². The first-order valence-electron chi connectivity index (χ1n) is 7.29. The minimum absolute atomic E-state index is 0.225. The molecule has 0 saturated carbocycles. The predicted octanol–water partition coefficient (Wildman–Crippen LogP) is 1.97. The van der Waals surface area contributed by atoms with Crippen molar-refractivity contribution >= 4 is 17.3 Å². The first-order chi connectivity index (χ1) is 9.61. The molecule has 0 bridgehead atoms. The largest absolute Gasteiger partial charge is 0.382 e. The van der Waals surface area contributed by atoms with Crippen LogP contribution in [0.3, 0.4) is 0 Å². The average Bonchev–Trinajstić information content (AvgIpc) is 2.48. The molecule has 2 rings (SSSR count). The molecular formula is C14H23ClN4O. The van der Waals surface area contributed by atoms with E-state index in [2.05, 4.69) is 22.2 Å². The topological polar surface area (TPSA) is 50.2 Å². The number of aryl methyl sites for hydroxylation is 1. The van der Waals surface area contributed by atoms with E-state index < -0.39 is 0 Å². The summed E-state index contributed by atoms with van der Waals surface area (Å²) in [5.41, 5.74) is 0.383. The van der Waals surface area contributed by atoms with Gasteiger partial charge in [-0.2, -0.15) is 5.10 Å². The third-order valence-electron chi connectivity index (χ3n) is 4.10. The zero-order valence-corrected chi connectivity index (χ0v) is 13.0. The number of likely N-dealkylation sites (tertiary alicyclic amines) is 1. The maximum absolute atomic E-state index is 11.6. The van der Waals surface area contributed by atoms with Crippen LogP contribution >= 0.6 is 11.6 Å². The van der Waals surface area contributed by atoms with Crippen molar-refractivity contribution in [2.24, 2.45) is 13.0 Å². The quantitative estimate of drug-likeness (QED) is 0.903. The summed E-state index contributed by atoms with van der Waals surface area (Å²) in [6.07, 6.45) is 5.25. The van der Waals surface area contributed by atoms with Crippen molar-refractivity contribution in [3.63, 3.8) is 0 Å². The summed E-state index contributed by atoms with van der Waals surface area (Å²) < 4.78 is 1.24. The Morgan fingerprint density at radius 3 is 2.80 bits per heavy atom. The van der Waals surface area contributed by atoms with Gasteiger partial charge < -0.3 is 10.2 Å². The van der Waals surface area contributed by atoms with Crippen LogP contribution < -0.4 is 10.9 Å².